The highest BCUT2D eigenvalue weighted by atomic mass is 16.4. The number of likely N-dealkylation sites (tertiary alicyclic amines) is 1. The number of hydrogen-bond donors (Lipinski definition) is 4. The minimum absolute atomic E-state index is 0.0545. The van der Waals surface area contributed by atoms with Crippen LogP contribution in [0.3, 0.4) is 0 Å². The Morgan fingerprint density at radius 1 is 1.47 bits per heavy atom. The number of nitrogens with two attached hydrogens (primary N) is 1. The van der Waals surface area contributed by atoms with Gasteiger partial charge in [-0.15, -0.1) is 0 Å². The molecule has 0 saturated carbocycles. The summed E-state index contributed by atoms with van der Waals surface area (Å²) in [6.45, 7) is 0.432. The zero-order chi connectivity index (χ0) is 13.0. The van der Waals surface area contributed by atoms with Crippen molar-refractivity contribution < 1.29 is 24.7 Å². The zero-order valence-electron chi connectivity index (χ0n) is 9.45. The van der Waals surface area contributed by atoms with Gasteiger partial charge in [0.15, 0.2) is 0 Å². The highest BCUT2D eigenvalue weighted by Gasteiger charge is 2.38. The lowest BCUT2D eigenvalue weighted by molar-refractivity contribution is -0.137. The molecule has 0 aromatic heterocycles. The van der Waals surface area contributed by atoms with Crippen molar-refractivity contribution in [2.24, 2.45) is 5.73 Å². The van der Waals surface area contributed by atoms with Gasteiger partial charge in [-0.1, -0.05) is 0 Å². The van der Waals surface area contributed by atoms with Gasteiger partial charge in [-0.05, 0) is 19.3 Å². The molecule has 0 radical (unpaired) electrons. The number of carbonyl (C=O) groups is 2. The molecule has 0 aromatic carbocycles. The Labute approximate surface area is 99.4 Å². The number of hydrogen-bond acceptors (Lipinski definition) is 5. The van der Waals surface area contributed by atoms with E-state index in [1.54, 1.807) is 0 Å². The lowest BCUT2D eigenvalue weighted by Crippen LogP contribution is -2.51. The lowest BCUT2D eigenvalue weighted by atomic mass is 9.77. The molecule has 7 nitrogen and oxygen atoms in total. The quantitative estimate of drug-likeness (QED) is 0.422. The van der Waals surface area contributed by atoms with Gasteiger partial charge in [0.25, 0.3) is 0 Å². The van der Waals surface area contributed by atoms with E-state index in [9.17, 15) is 9.59 Å². The van der Waals surface area contributed by atoms with Crippen LogP contribution in [0.25, 0.3) is 0 Å². The first-order valence-corrected chi connectivity index (χ1v) is 5.57. The Balaban J connectivity index is 2.53. The summed E-state index contributed by atoms with van der Waals surface area (Å²) < 4.78 is 0. The van der Waals surface area contributed by atoms with E-state index >= 15 is 0 Å². The van der Waals surface area contributed by atoms with E-state index in [-0.39, 0.29) is 12.8 Å². The van der Waals surface area contributed by atoms with Crippen molar-refractivity contribution in [3.8, 4) is 0 Å². The summed E-state index contributed by atoms with van der Waals surface area (Å²) >= 11 is 0. The van der Waals surface area contributed by atoms with Gasteiger partial charge < -0.3 is 25.8 Å². The van der Waals surface area contributed by atoms with Crippen LogP contribution in [0.4, 0.5) is 0 Å². The second kappa shape index (κ2) is 5.99. The van der Waals surface area contributed by atoms with Crippen LogP contribution in [-0.2, 0) is 9.59 Å². The molecule has 1 heterocycles. The number of rotatable bonds is 5. The molecule has 8 heteroatoms. The molecule has 0 bridgehead atoms. The molecule has 2 unspecified atom stereocenters. The molecule has 1 saturated heterocycles. The van der Waals surface area contributed by atoms with Gasteiger partial charge in [0.05, 0.1) is 12.0 Å². The van der Waals surface area contributed by atoms with Gasteiger partial charge in [-0.25, -0.2) is 0 Å². The maximum absolute atomic E-state index is 11.9. The topological polar surface area (TPSA) is 124 Å². The van der Waals surface area contributed by atoms with Gasteiger partial charge in [0.1, 0.15) is 0 Å². The van der Waals surface area contributed by atoms with Crippen LogP contribution in [0.1, 0.15) is 25.7 Å². The minimum atomic E-state index is -1.58. The molecule has 1 rings (SSSR count). The van der Waals surface area contributed by atoms with Gasteiger partial charge >= 0.3 is 13.1 Å². The van der Waals surface area contributed by atoms with Crippen LogP contribution in [0, 0.1) is 0 Å². The second-order valence-electron chi connectivity index (χ2n) is 4.19. The second-order valence-corrected chi connectivity index (χ2v) is 4.19. The van der Waals surface area contributed by atoms with E-state index in [4.69, 9.17) is 20.9 Å². The number of carboxylic acids is 1. The summed E-state index contributed by atoms with van der Waals surface area (Å²) in [5.74, 6) is -2.05. The van der Waals surface area contributed by atoms with Gasteiger partial charge in [0.2, 0.25) is 5.91 Å². The SMILES string of the molecule is NC(CCC(=O)O)C(=O)N1CCCC1B(O)O. The van der Waals surface area contributed by atoms with E-state index in [1.807, 2.05) is 0 Å². The monoisotopic (exact) mass is 244 g/mol. The maximum Gasteiger partial charge on any atom is 0.475 e. The fraction of sp³-hybridized carbons (Fsp3) is 0.778. The number of carbonyl (C=O) groups excluding carboxylic acids is 1. The zero-order valence-corrected chi connectivity index (χ0v) is 9.45. The molecule has 1 aliphatic heterocycles. The van der Waals surface area contributed by atoms with Crippen LogP contribution < -0.4 is 5.73 Å². The molecule has 96 valence electrons. The first-order valence-electron chi connectivity index (χ1n) is 5.57. The smallest absolute Gasteiger partial charge is 0.475 e. The molecule has 0 aliphatic carbocycles. The van der Waals surface area contributed by atoms with Crippen molar-refractivity contribution in [1.29, 1.82) is 0 Å². The summed E-state index contributed by atoms with van der Waals surface area (Å²) in [4.78, 5) is 23.5. The van der Waals surface area contributed by atoms with Gasteiger partial charge in [-0.2, -0.15) is 0 Å². The van der Waals surface area contributed by atoms with E-state index in [0.717, 1.165) is 0 Å². The third-order valence-electron chi connectivity index (χ3n) is 2.91. The largest absolute Gasteiger partial charge is 0.481 e. The fourth-order valence-electron chi connectivity index (χ4n) is 1.99. The number of aliphatic carboxylic acids is 1. The van der Waals surface area contributed by atoms with E-state index in [2.05, 4.69) is 0 Å². The summed E-state index contributed by atoms with van der Waals surface area (Å²) in [6.07, 6.45) is 1.10. The van der Waals surface area contributed by atoms with E-state index in [1.165, 1.54) is 4.90 Å². The van der Waals surface area contributed by atoms with Crippen LogP contribution in [0.2, 0.25) is 0 Å². The molecule has 0 spiro atoms. The van der Waals surface area contributed by atoms with Crippen molar-refractivity contribution in [2.75, 3.05) is 6.54 Å². The first-order chi connectivity index (χ1) is 7.93. The molecule has 1 aliphatic rings. The molecule has 0 aromatic rings. The first kappa shape index (κ1) is 13.9. The molecule has 1 fully saturated rings. The van der Waals surface area contributed by atoms with Crippen LogP contribution in [-0.4, -0.2) is 57.6 Å². The summed E-state index contributed by atoms with van der Waals surface area (Å²) in [5, 5.41) is 26.7. The van der Waals surface area contributed by atoms with Crippen LogP contribution in [0.15, 0.2) is 0 Å². The van der Waals surface area contributed by atoms with Crippen molar-refractivity contribution in [2.45, 2.75) is 37.7 Å². The third kappa shape index (κ3) is 3.69. The average molecular weight is 244 g/mol. The van der Waals surface area contributed by atoms with E-state index < -0.39 is 31.0 Å². The normalized spacial score (nSPS) is 21.4. The highest BCUT2D eigenvalue weighted by Crippen LogP contribution is 2.19. The van der Waals surface area contributed by atoms with Crippen molar-refractivity contribution in [1.82, 2.24) is 4.90 Å². The molecule has 1 amide bonds. The van der Waals surface area contributed by atoms with E-state index in [0.29, 0.717) is 19.4 Å². The van der Waals surface area contributed by atoms with Crippen molar-refractivity contribution >= 4 is 19.0 Å². The molecular weight excluding hydrogens is 227 g/mol. The Morgan fingerprint density at radius 2 is 2.12 bits per heavy atom. The summed E-state index contributed by atoms with van der Waals surface area (Å²) in [6, 6.07) is -0.898. The van der Waals surface area contributed by atoms with Crippen LogP contribution in [0.5, 0.6) is 0 Å². The average Bonchev–Trinajstić information content (AvgIpc) is 2.73. The molecule has 2 atom stereocenters. The predicted octanol–water partition coefficient (Wildman–Crippen LogP) is -1.82. The predicted molar refractivity (Wildman–Crippen MR) is 59.8 cm³/mol. The Morgan fingerprint density at radius 3 is 2.65 bits per heavy atom. The Hall–Kier alpha value is -1.12. The van der Waals surface area contributed by atoms with Gasteiger partial charge in [-0.3, -0.25) is 9.59 Å². The molecule has 5 N–H and O–H groups in total. The minimum Gasteiger partial charge on any atom is -0.481 e. The highest BCUT2D eigenvalue weighted by molar-refractivity contribution is 6.43. The number of nitrogens with zero attached hydrogens (tertiary/aromatic N) is 1. The lowest BCUT2D eigenvalue weighted by Gasteiger charge is -2.26. The Kier molecular flexibility index (Phi) is 4.92. The maximum atomic E-state index is 11.9. The van der Waals surface area contributed by atoms with Crippen molar-refractivity contribution in [3.05, 3.63) is 0 Å². The summed E-state index contributed by atoms with van der Waals surface area (Å²) in [5.41, 5.74) is 5.59. The van der Waals surface area contributed by atoms with Crippen molar-refractivity contribution in [3.63, 3.8) is 0 Å². The molecule has 17 heavy (non-hydrogen) atoms. The number of carboxylic acid groups (broad SMARTS) is 1. The fourth-order valence-corrected chi connectivity index (χ4v) is 1.99. The molecular formula is C9H17BN2O5. The van der Waals surface area contributed by atoms with Gasteiger partial charge in [0, 0.05) is 13.0 Å². The Bertz CT molecular complexity index is 299. The standard InChI is InChI=1S/C9H17BN2O5/c11-6(3-4-8(13)14)9(15)12-5-1-2-7(12)10(16)17/h6-7,16-17H,1-5,11H2,(H,13,14). The number of amides is 1. The summed E-state index contributed by atoms with van der Waals surface area (Å²) in [7, 11) is -1.58. The third-order valence-corrected chi connectivity index (χ3v) is 2.91. The van der Waals surface area contributed by atoms with Crippen LogP contribution >= 0.6 is 0 Å².